The lowest BCUT2D eigenvalue weighted by molar-refractivity contribution is 0.0726. The number of amides is 1. The van der Waals surface area contributed by atoms with E-state index in [2.05, 4.69) is 19.6 Å². The van der Waals surface area contributed by atoms with Crippen molar-refractivity contribution in [3.63, 3.8) is 0 Å². The maximum absolute atomic E-state index is 12.9. The second kappa shape index (κ2) is 6.29. The fraction of sp³-hybridized carbons (Fsp3) is 0.294. The van der Waals surface area contributed by atoms with Gasteiger partial charge in [-0.15, -0.1) is 5.10 Å². The van der Waals surface area contributed by atoms with Crippen molar-refractivity contribution in [3.8, 4) is 5.75 Å². The van der Waals surface area contributed by atoms with E-state index >= 15 is 0 Å². The van der Waals surface area contributed by atoms with Crippen molar-refractivity contribution in [2.75, 3.05) is 13.7 Å². The van der Waals surface area contributed by atoms with Crippen molar-refractivity contribution >= 4 is 17.4 Å². The average Bonchev–Trinajstić information content (AvgIpc) is 3.29. The lowest BCUT2D eigenvalue weighted by Crippen LogP contribution is -2.38. The van der Waals surface area contributed by atoms with Gasteiger partial charge in [-0.2, -0.15) is 0 Å². The highest BCUT2D eigenvalue weighted by Gasteiger charge is 2.33. The zero-order valence-corrected chi connectivity index (χ0v) is 14.7. The first-order valence-electron chi connectivity index (χ1n) is 7.91. The molecule has 0 bridgehead atoms. The first-order valence-corrected chi connectivity index (χ1v) is 8.69. The number of aromatic nitrogens is 4. The molecule has 3 heterocycles. The second-order valence-corrected chi connectivity index (χ2v) is 6.72. The third-order valence-electron chi connectivity index (χ3n) is 4.48. The average molecular weight is 355 g/mol. The van der Waals surface area contributed by atoms with Gasteiger partial charge >= 0.3 is 0 Å². The number of fused-ring (bicyclic) bond motifs is 1. The summed E-state index contributed by atoms with van der Waals surface area (Å²) in [5.41, 5.74) is 3.74. The topological polar surface area (TPSA) is 84.0 Å². The summed E-state index contributed by atoms with van der Waals surface area (Å²) in [4.78, 5) is 23.0. The molecule has 0 saturated carbocycles. The predicted octanol–water partition coefficient (Wildman–Crippen LogP) is 2.37. The minimum atomic E-state index is -0.0359. The fourth-order valence-electron chi connectivity index (χ4n) is 3.15. The van der Waals surface area contributed by atoms with Crippen LogP contribution in [0.5, 0.6) is 5.75 Å². The summed E-state index contributed by atoms with van der Waals surface area (Å²) < 4.78 is 9.11. The number of imidazole rings is 1. The highest BCUT2D eigenvalue weighted by atomic mass is 32.1. The van der Waals surface area contributed by atoms with Crippen molar-refractivity contribution in [1.29, 1.82) is 0 Å². The first-order chi connectivity index (χ1) is 12.2. The number of carbonyl (C=O) groups is 1. The molecule has 2 aromatic heterocycles. The summed E-state index contributed by atoms with van der Waals surface area (Å²) in [6.07, 6.45) is 1.69. The molecule has 0 aliphatic carbocycles. The number of ether oxygens (including phenoxy) is 1. The van der Waals surface area contributed by atoms with Crippen molar-refractivity contribution in [2.24, 2.45) is 0 Å². The molecule has 1 unspecified atom stereocenters. The van der Waals surface area contributed by atoms with E-state index in [0.29, 0.717) is 23.7 Å². The normalized spacial score (nSPS) is 16.6. The molecule has 1 amide bonds. The van der Waals surface area contributed by atoms with Gasteiger partial charge in [0.05, 0.1) is 37.1 Å². The molecule has 0 fully saturated rings. The Morgan fingerprint density at radius 3 is 2.84 bits per heavy atom. The number of benzene rings is 1. The minimum Gasteiger partial charge on any atom is -0.497 e. The third-order valence-corrected chi connectivity index (χ3v) is 5.30. The van der Waals surface area contributed by atoms with Gasteiger partial charge in [-0.25, -0.2) is 4.98 Å². The maximum Gasteiger partial charge on any atom is 0.267 e. The molecule has 3 aromatic rings. The summed E-state index contributed by atoms with van der Waals surface area (Å²) in [5, 5.41) is 3.95. The molecule has 0 saturated heterocycles. The van der Waals surface area contributed by atoms with Gasteiger partial charge in [0.2, 0.25) is 0 Å². The molecule has 0 radical (unpaired) electrons. The first kappa shape index (κ1) is 15.8. The smallest absolute Gasteiger partial charge is 0.267 e. The molecule has 4 rings (SSSR count). The number of hydrogen-bond donors (Lipinski definition) is 1. The number of aryl methyl sites for hydroxylation is 1. The molecular weight excluding hydrogens is 338 g/mol. The Labute approximate surface area is 148 Å². The van der Waals surface area contributed by atoms with Crippen LogP contribution in [-0.2, 0) is 6.54 Å². The molecule has 7 nitrogen and oxygen atoms in total. The van der Waals surface area contributed by atoms with Gasteiger partial charge in [0.1, 0.15) is 10.6 Å². The number of nitrogens with zero attached hydrogens (tertiary/aromatic N) is 4. The molecule has 1 atom stereocenters. The van der Waals surface area contributed by atoms with Crippen LogP contribution in [0.25, 0.3) is 0 Å². The standard InChI is InChI=1S/C17H17N5O2S/c1-10-16(25-21-20-10)17(23)22-7-13(15-14(8-22)18-9-19-15)11-3-5-12(24-2)6-4-11/h3-6,9,13H,7-8H2,1-2H3,(H,18,19). The zero-order chi connectivity index (χ0) is 17.4. The number of carbonyl (C=O) groups excluding carboxylic acids is 1. The minimum absolute atomic E-state index is 0.0195. The summed E-state index contributed by atoms with van der Waals surface area (Å²) in [6, 6.07) is 7.91. The van der Waals surface area contributed by atoms with E-state index in [1.54, 1.807) is 13.4 Å². The summed E-state index contributed by atoms with van der Waals surface area (Å²) in [7, 11) is 1.65. The highest BCUT2D eigenvalue weighted by Crippen LogP contribution is 2.33. The van der Waals surface area contributed by atoms with Crippen LogP contribution in [0.1, 0.15) is 38.2 Å². The van der Waals surface area contributed by atoms with Crippen LogP contribution in [0.3, 0.4) is 0 Å². The Morgan fingerprint density at radius 1 is 1.36 bits per heavy atom. The van der Waals surface area contributed by atoms with Crippen LogP contribution in [0.4, 0.5) is 0 Å². The van der Waals surface area contributed by atoms with E-state index in [9.17, 15) is 4.79 Å². The van der Waals surface area contributed by atoms with Crippen LogP contribution >= 0.6 is 11.5 Å². The Hall–Kier alpha value is -2.74. The summed E-state index contributed by atoms with van der Waals surface area (Å²) >= 11 is 1.14. The van der Waals surface area contributed by atoms with E-state index in [4.69, 9.17) is 4.74 Å². The van der Waals surface area contributed by atoms with E-state index in [1.165, 1.54) is 0 Å². The van der Waals surface area contributed by atoms with Gasteiger partial charge < -0.3 is 14.6 Å². The number of H-pyrrole nitrogens is 1. The van der Waals surface area contributed by atoms with Crippen molar-refractivity contribution in [3.05, 3.63) is 58.1 Å². The predicted molar refractivity (Wildman–Crippen MR) is 92.8 cm³/mol. The number of rotatable bonds is 3. The molecule has 1 aromatic carbocycles. The van der Waals surface area contributed by atoms with Crippen molar-refractivity contribution in [2.45, 2.75) is 19.4 Å². The third kappa shape index (κ3) is 2.78. The van der Waals surface area contributed by atoms with Gasteiger partial charge in [-0.3, -0.25) is 4.79 Å². The van der Waals surface area contributed by atoms with Crippen molar-refractivity contribution < 1.29 is 9.53 Å². The van der Waals surface area contributed by atoms with Crippen LogP contribution in [0, 0.1) is 6.92 Å². The molecule has 8 heteroatoms. The van der Waals surface area contributed by atoms with Crippen LogP contribution in [0.15, 0.2) is 30.6 Å². The van der Waals surface area contributed by atoms with Gasteiger partial charge in [-0.05, 0) is 36.2 Å². The molecule has 128 valence electrons. The Bertz CT molecular complexity index is 902. The van der Waals surface area contributed by atoms with Crippen LogP contribution in [0.2, 0.25) is 0 Å². The van der Waals surface area contributed by atoms with E-state index in [-0.39, 0.29) is 11.8 Å². The molecule has 1 aliphatic rings. The molecular formula is C17H17N5O2S. The molecule has 0 spiro atoms. The Morgan fingerprint density at radius 2 is 2.16 bits per heavy atom. The monoisotopic (exact) mass is 355 g/mol. The van der Waals surface area contributed by atoms with Gasteiger partial charge in [0.25, 0.3) is 5.91 Å². The zero-order valence-electron chi connectivity index (χ0n) is 13.9. The lowest BCUT2D eigenvalue weighted by atomic mass is 9.90. The number of aromatic amines is 1. The van der Waals surface area contributed by atoms with E-state index in [0.717, 1.165) is 34.2 Å². The number of hydrogen-bond acceptors (Lipinski definition) is 6. The highest BCUT2D eigenvalue weighted by molar-refractivity contribution is 7.07. The van der Waals surface area contributed by atoms with Crippen molar-refractivity contribution in [1.82, 2.24) is 24.5 Å². The number of nitrogens with one attached hydrogen (secondary N) is 1. The SMILES string of the molecule is COc1ccc(C2CN(C(=O)c3snnc3C)Cc3[nH]cnc32)cc1. The quantitative estimate of drug-likeness (QED) is 0.780. The summed E-state index contributed by atoms with van der Waals surface area (Å²) in [6.45, 7) is 2.89. The fourth-order valence-corrected chi connectivity index (χ4v) is 3.77. The lowest BCUT2D eigenvalue weighted by Gasteiger charge is -2.32. The van der Waals surface area contributed by atoms with Gasteiger partial charge in [0, 0.05) is 12.5 Å². The largest absolute Gasteiger partial charge is 0.497 e. The molecule has 25 heavy (non-hydrogen) atoms. The summed E-state index contributed by atoms with van der Waals surface area (Å²) in [5.74, 6) is 0.790. The Balaban J connectivity index is 1.67. The van der Waals surface area contributed by atoms with E-state index in [1.807, 2.05) is 36.1 Å². The van der Waals surface area contributed by atoms with Gasteiger partial charge in [-0.1, -0.05) is 16.6 Å². The van der Waals surface area contributed by atoms with E-state index < -0.39 is 0 Å². The maximum atomic E-state index is 12.9. The molecule has 1 N–H and O–H groups in total. The van der Waals surface area contributed by atoms with Crippen LogP contribution in [-0.4, -0.2) is 44.0 Å². The molecule has 1 aliphatic heterocycles. The Kier molecular flexibility index (Phi) is 3.96. The number of methoxy groups -OCH3 is 1. The van der Waals surface area contributed by atoms with Crippen LogP contribution < -0.4 is 4.74 Å². The second-order valence-electron chi connectivity index (χ2n) is 5.97. The van der Waals surface area contributed by atoms with Gasteiger partial charge in [0.15, 0.2) is 0 Å².